The van der Waals surface area contributed by atoms with Crippen molar-refractivity contribution in [1.82, 2.24) is 0 Å². The molecule has 0 saturated heterocycles. The lowest BCUT2D eigenvalue weighted by atomic mass is 9.98. The molecule has 0 fully saturated rings. The molecule has 1 aliphatic heterocycles. The van der Waals surface area contributed by atoms with Gasteiger partial charge in [-0.05, 0) is 18.2 Å². The first-order valence-electron chi connectivity index (χ1n) is 5.12. The van der Waals surface area contributed by atoms with E-state index in [1.165, 1.54) is 7.11 Å². The van der Waals surface area contributed by atoms with Gasteiger partial charge in [-0.2, -0.15) is 0 Å². The second-order valence-corrected chi connectivity index (χ2v) is 3.69. The predicted molar refractivity (Wildman–Crippen MR) is 57.9 cm³/mol. The highest BCUT2D eigenvalue weighted by molar-refractivity contribution is 5.71. The Balaban J connectivity index is 2.20. The van der Waals surface area contributed by atoms with Crippen molar-refractivity contribution in [3.8, 4) is 11.5 Å². The van der Waals surface area contributed by atoms with Crippen molar-refractivity contribution in [2.45, 2.75) is 12.3 Å². The van der Waals surface area contributed by atoms with E-state index in [9.17, 15) is 4.79 Å². The van der Waals surface area contributed by atoms with Gasteiger partial charge in [0.2, 0.25) is 0 Å². The fourth-order valence-corrected chi connectivity index (χ4v) is 1.84. The molecule has 0 radical (unpaired) electrons. The lowest BCUT2D eigenvalue weighted by Gasteiger charge is -2.07. The Bertz CT molecular complexity index is 400. The largest absolute Gasteiger partial charge is 0.497 e. The number of ether oxygens (including phenoxy) is 3. The Labute approximate surface area is 94.1 Å². The topological polar surface area (TPSA) is 44.8 Å². The number of hydrogen-bond acceptors (Lipinski definition) is 4. The summed E-state index contributed by atoms with van der Waals surface area (Å²) < 4.78 is 15.3. The van der Waals surface area contributed by atoms with Gasteiger partial charge in [0.05, 0.1) is 27.2 Å². The van der Waals surface area contributed by atoms with Gasteiger partial charge in [0.15, 0.2) is 0 Å². The van der Waals surface area contributed by atoms with Crippen LogP contribution in [-0.2, 0) is 9.53 Å². The van der Waals surface area contributed by atoms with E-state index in [4.69, 9.17) is 9.47 Å². The predicted octanol–water partition coefficient (Wildman–Crippen LogP) is 1.73. The van der Waals surface area contributed by atoms with E-state index in [0.717, 1.165) is 17.1 Å². The molecule has 1 aromatic rings. The number of carbonyl (C=O) groups is 1. The van der Waals surface area contributed by atoms with E-state index in [2.05, 4.69) is 4.74 Å². The summed E-state index contributed by atoms with van der Waals surface area (Å²) in [6.07, 6.45) is 0.344. The maximum absolute atomic E-state index is 11.2. The van der Waals surface area contributed by atoms with E-state index < -0.39 is 0 Å². The molecular weight excluding hydrogens is 208 g/mol. The zero-order valence-electron chi connectivity index (χ0n) is 9.36. The first-order chi connectivity index (χ1) is 7.74. The summed E-state index contributed by atoms with van der Waals surface area (Å²) in [5.41, 5.74) is 1.02. The smallest absolute Gasteiger partial charge is 0.306 e. The molecule has 0 aliphatic carbocycles. The van der Waals surface area contributed by atoms with Gasteiger partial charge in [0, 0.05) is 11.5 Å². The zero-order chi connectivity index (χ0) is 11.5. The molecule has 0 spiro atoms. The normalized spacial score (nSPS) is 17.5. The van der Waals surface area contributed by atoms with Gasteiger partial charge < -0.3 is 14.2 Å². The monoisotopic (exact) mass is 222 g/mol. The van der Waals surface area contributed by atoms with Crippen molar-refractivity contribution in [2.75, 3.05) is 20.8 Å². The molecule has 86 valence electrons. The van der Waals surface area contributed by atoms with Crippen molar-refractivity contribution in [1.29, 1.82) is 0 Å². The SMILES string of the molecule is COC(=O)C[C@@H]1COc2ccc(OC)cc21. The van der Waals surface area contributed by atoms with Crippen LogP contribution in [0.15, 0.2) is 18.2 Å². The molecule has 2 rings (SSSR count). The van der Waals surface area contributed by atoms with Crippen LogP contribution in [0, 0.1) is 0 Å². The Morgan fingerprint density at radius 3 is 3.00 bits per heavy atom. The van der Waals surface area contributed by atoms with Crippen LogP contribution in [0.5, 0.6) is 11.5 Å². The van der Waals surface area contributed by atoms with Crippen molar-refractivity contribution >= 4 is 5.97 Å². The molecule has 0 amide bonds. The molecular formula is C12H14O4. The summed E-state index contributed by atoms with van der Waals surface area (Å²) in [5.74, 6) is 1.45. The highest BCUT2D eigenvalue weighted by Gasteiger charge is 2.27. The fraction of sp³-hybridized carbons (Fsp3) is 0.417. The number of esters is 1. The lowest BCUT2D eigenvalue weighted by Crippen LogP contribution is -2.09. The lowest BCUT2D eigenvalue weighted by molar-refractivity contribution is -0.141. The summed E-state index contributed by atoms with van der Waals surface area (Å²) >= 11 is 0. The zero-order valence-corrected chi connectivity index (χ0v) is 9.36. The number of rotatable bonds is 3. The number of hydrogen-bond donors (Lipinski definition) is 0. The highest BCUT2D eigenvalue weighted by atomic mass is 16.5. The molecule has 16 heavy (non-hydrogen) atoms. The maximum Gasteiger partial charge on any atom is 0.306 e. The molecule has 1 aliphatic rings. The Hall–Kier alpha value is -1.71. The molecule has 1 atom stereocenters. The number of methoxy groups -OCH3 is 2. The van der Waals surface area contributed by atoms with E-state index in [1.807, 2.05) is 18.2 Å². The van der Waals surface area contributed by atoms with Gasteiger partial charge >= 0.3 is 5.97 Å². The second kappa shape index (κ2) is 4.43. The average Bonchev–Trinajstić information content (AvgIpc) is 2.71. The van der Waals surface area contributed by atoms with Crippen LogP contribution in [0.25, 0.3) is 0 Å². The third-order valence-corrected chi connectivity index (χ3v) is 2.74. The van der Waals surface area contributed by atoms with Gasteiger partial charge in [-0.1, -0.05) is 0 Å². The van der Waals surface area contributed by atoms with E-state index in [-0.39, 0.29) is 11.9 Å². The number of carbonyl (C=O) groups excluding carboxylic acids is 1. The Morgan fingerprint density at radius 1 is 1.50 bits per heavy atom. The van der Waals surface area contributed by atoms with Crippen molar-refractivity contribution in [2.24, 2.45) is 0 Å². The van der Waals surface area contributed by atoms with Gasteiger partial charge in [-0.15, -0.1) is 0 Å². The van der Waals surface area contributed by atoms with Crippen molar-refractivity contribution in [3.63, 3.8) is 0 Å². The molecule has 0 aromatic heterocycles. The van der Waals surface area contributed by atoms with Crippen molar-refractivity contribution < 1.29 is 19.0 Å². The van der Waals surface area contributed by atoms with Crippen LogP contribution in [0.4, 0.5) is 0 Å². The van der Waals surface area contributed by atoms with Crippen LogP contribution < -0.4 is 9.47 Å². The van der Waals surface area contributed by atoms with Crippen molar-refractivity contribution in [3.05, 3.63) is 23.8 Å². The molecule has 1 aromatic carbocycles. The first-order valence-corrected chi connectivity index (χ1v) is 5.12. The molecule has 0 bridgehead atoms. The van der Waals surface area contributed by atoms with Gasteiger partial charge in [0.1, 0.15) is 11.5 Å². The third kappa shape index (κ3) is 1.96. The van der Waals surface area contributed by atoms with Gasteiger partial charge in [-0.25, -0.2) is 0 Å². The third-order valence-electron chi connectivity index (χ3n) is 2.74. The molecule has 1 heterocycles. The average molecular weight is 222 g/mol. The van der Waals surface area contributed by atoms with Crippen LogP contribution in [0.2, 0.25) is 0 Å². The van der Waals surface area contributed by atoms with E-state index >= 15 is 0 Å². The number of benzene rings is 1. The highest BCUT2D eigenvalue weighted by Crippen LogP contribution is 2.38. The summed E-state index contributed by atoms with van der Waals surface area (Å²) in [5, 5.41) is 0. The quantitative estimate of drug-likeness (QED) is 0.731. The maximum atomic E-state index is 11.2. The minimum absolute atomic E-state index is 0.0672. The summed E-state index contributed by atoms with van der Waals surface area (Å²) in [7, 11) is 3.01. The summed E-state index contributed by atoms with van der Waals surface area (Å²) in [6, 6.07) is 5.63. The first kappa shape index (κ1) is 10.8. The summed E-state index contributed by atoms with van der Waals surface area (Å²) in [4.78, 5) is 11.2. The van der Waals surface area contributed by atoms with Crippen LogP contribution in [0.3, 0.4) is 0 Å². The Kier molecular flexibility index (Phi) is 2.99. The standard InChI is InChI=1S/C12H14O4/c1-14-9-3-4-11-10(6-9)8(7-16-11)5-12(13)15-2/h3-4,6,8H,5,7H2,1-2H3/t8-/m1/s1. The van der Waals surface area contributed by atoms with Crippen LogP contribution in [0.1, 0.15) is 17.9 Å². The van der Waals surface area contributed by atoms with Gasteiger partial charge in [0.25, 0.3) is 0 Å². The molecule has 4 heteroatoms. The Morgan fingerprint density at radius 2 is 2.31 bits per heavy atom. The van der Waals surface area contributed by atoms with Crippen LogP contribution >= 0.6 is 0 Å². The van der Waals surface area contributed by atoms with Crippen LogP contribution in [-0.4, -0.2) is 26.8 Å². The molecule has 0 unspecified atom stereocenters. The minimum Gasteiger partial charge on any atom is -0.497 e. The molecule has 4 nitrogen and oxygen atoms in total. The number of fused-ring (bicyclic) bond motifs is 1. The van der Waals surface area contributed by atoms with E-state index in [1.54, 1.807) is 7.11 Å². The van der Waals surface area contributed by atoms with E-state index in [0.29, 0.717) is 13.0 Å². The molecule has 0 N–H and O–H groups in total. The fourth-order valence-electron chi connectivity index (χ4n) is 1.84. The minimum atomic E-state index is -0.218. The second-order valence-electron chi connectivity index (χ2n) is 3.69. The summed E-state index contributed by atoms with van der Waals surface area (Å²) in [6.45, 7) is 0.525. The van der Waals surface area contributed by atoms with Gasteiger partial charge in [-0.3, -0.25) is 4.79 Å². The molecule has 0 saturated carbocycles.